The first-order valence-electron chi connectivity index (χ1n) is 7.87. The van der Waals surface area contributed by atoms with E-state index in [1.54, 1.807) is 35.1 Å². The molecule has 0 amide bonds. The van der Waals surface area contributed by atoms with Crippen LogP contribution in [0, 0.1) is 0 Å². The fourth-order valence-electron chi connectivity index (χ4n) is 1.16. The predicted molar refractivity (Wildman–Crippen MR) is 108 cm³/mol. The lowest BCUT2D eigenvalue weighted by Gasteiger charge is -2.16. The third kappa shape index (κ3) is 14.8. The monoisotopic (exact) mass is 390 g/mol. The molecule has 0 spiro atoms. The summed E-state index contributed by atoms with van der Waals surface area (Å²) in [5, 5.41) is 17.0. The number of carboxylic acid groups (broad SMARTS) is 2. The van der Waals surface area contributed by atoms with E-state index in [4.69, 9.17) is 21.7 Å². The molecule has 144 valence electrons. The van der Waals surface area contributed by atoms with Gasteiger partial charge in [-0.1, -0.05) is 86.5 Å². The predicted octanol–water partition coefficient (Wildman–Crippen LogP) is 3.38. The number of hydrogen-bond donors (Lipinski definition) is 4. The van der Waals surface area contributed by atoms with Crippen LogP contribution in [-0.4, -0.2) is 38.7 Å². The maximum absolute atomic E-state index is 10.4. The quantitative estimate of drug-likeness (QED) is 0.545. The van der Waals surface area contributed by atoms with Crippen molar-refractivity contribution in [2.24, 2.45) is 11.5 Å². The molecule has 8 heteroatoms. The highest BCUT2D eigenvalue weighted by atomic mass is 33.1. The van der Waals surface area contributed by atoms with Gasteiger partial charge in [0, 0.05) is 10.5 Å². The second kappa shape index (κ2) is 14.0. The van der Waals surface area contributed by atoms with Crippen LogP contribution < -0.4 is 11.5 Å². The second-order valence-corrected chi connectivity index (χ2v) is 8.82. The zero-order valence-electron chi connectivity index (χ0n) is 15.4. The Bertz CT molecular complexity index is 493. The smallest absolute Gasteiger partial charge is 0.325 e. The van der Waals surface area contributed by atoms with Crippen molar-refractivity contribution in [2.75, 3.05) is 5.75 Å². The molecule has 0 fully saturated rings. The minimum Gasteiger partial charge on any atom is -0.480 e. The Balaban J connectivity index is 0. The van der Waals surface area contributed by atoms with Crippen molar-refractivity contribution in [1.82, 2.24) is 0 Å². The van der Waals surface area contributed by atoms with Crippen LogP contribution in [0.25, 0.3) is 0 Å². The van der Waals surface area contributed by atoms with Crippen molar-refractivity contribution in [1.29, 1.82) is 0 Å². The van der Waals surface area contributed by atoms with Crippen molar-refractivity contribution in [2.45, 2.75) is 51.4 Å². The van der Waals surface area contributed by atoms with E-state index in [2.05, 4.69) is 20.8 Å². The number of carboxylic acids is 2. The average Bonchev–Trinajstić information content (AvgIpc) is 2.56. The largest absolute Gasteiger partial charge is 0.480 e. The van der Waals surface area contributed by atoms with Crippen molar-refractivity contribution in [3.63, 3.8) is 0 Å². The summed E-state index contributed by atoms with van der Waals surface area (Å²) in [4.78, 5) is 20.7. The van der Waals surface area contributed by atoms with Crippen LogP contribution in [0.3, 0.4) is 0 Å². The maximum Gasteiger partial charge on any atom is 0.325 e. The first kappa shape index (κ1) is 26.0. The van der Waals surface area contributed by atoms with Crippen LogP contribution in [0.1, 0.15) is 46.2 Å². The molecule has 1 aromatic rings. The minimum absolute atomic E-state index is 0.156. The standard InChI is InChI=1S/C8H9NO2.C7H15NO2S2.C2H6/c9-7(8(10)11)6-4-2-1-3-5-6;1-7(2,3)12-11-4-5(8)6(9)10;1-2/h1-5,7H,9H2,(H,10,11);5H,4,8H2,1-3H3,(H,9,10);1-2H3. The molecule has 0 aliphatic heterocycles. The molecule has 0 heterocycles. The number of carbonyl (C=O) groups is 2. The van der Waals surface area contributed by atoms with Gasteiger partial charge in [-0.05, 0) is 5.56 Å². The van der Waals surface area contributed by atoms with Crippen molar-refractivity contribution < 1.29 is 19.8 Å². The van der Waals surface area contributed by atoms with E-state index in [0.29, 0.717) is 11.3 Å². The molecule has 0 aliphatic rings. The van der Waals surface area contributed by atoms with Gasteiger partial charge in [-0.25, -0.2) is 0 Å². The third-order valence-electron chi connectivity index (χ3n) is 2.30. The number of benzene rings is 1. The van der Waals surface area contributed by atoms with Gasteiger partial charge in [0.15, 0.2) is 0 Å². The fourth-order valence-corrected chi connectivity index (χ4v) is 3.57. The van der Waals surface area contributed by atoms with Crippen LogP contribution >= 0.6 is 21.6 Å². The summed E-state index contributed by atoms with van der Waals surface area (Å²) < 4.78 is 0.156. The zero-order valence-corrected chi connectivity index (χ0v) is 17.1. The fraction of sp³-hybridized carbons (Fsp3) is 0.529. The lowest BCUT2D eigenvalue weighted by Crippen LogP contribution is -2.32. The van der Waals surface area contributed by atoms with E-state index in [1.165, 1.54) is 10.8 Å². The molecule has 0 aromatic heterocycles. The van der Waals surface area contributed by atoms with Gasteiger partial charge < -0.3 is 21.7 Å². The first-order valence-corrected chi connectivity index (χ1v) is 10.2. The molecule has 0 bridgehead atoms. The molecule has 1 aromatic carbocycles. The number of rotatable bonds is 6. The van der Waals surface area contributed by atoms with Crippen LogP contribution in [0.4, 0.5) is 0 Å². The van der Waals surface area contributed by atoms with Gasteiger partial charge >= 0.3 is 11.9 Å². The van der Waals surface area contributed by atoms with Crippen molar-refractivity contribution in [3.8, 4) is 0 Å². The van der Waals surface area contributed by atoms with Gasteiger partial charge in [0.05, 0.1) is 0 Å². The zero-order chi connectivity index (χ0) is 20.0. The van der Waals surface area contributed by atoms with Gasteiger partial charge in [-0.15, -0.1) is 0 Å². The van der Waals surface area contributed by atoms with Crippen molar-refractivity contribution >= 4 is 33.5 Å². The van der Waals surface area contributed by atoms with E-state index in [0.717, 1.165) is 0 Å². The van der Waals surface area contributed by atoms with E-state index in [9.17, 15) is 9.59 Å². The Morgan fingerprint density at radius 2 is 1.52 bits per heavy atom. The summed E-state index contributed by atoms with van der Waals surface area (Å²) in [6.07, 6.45) is 0. The van der Waals surface area contributed by atoms with E-state index in [-0.39, 0.29) is 4.75 Å². The maximum atomic E-state index is 10.4. The number of nitrogens with two attached hydrogens (primary N) is 2. The summed E-state index contributed by atoms with van der Waals surface area (Å²) in [6.45, 7) is 10.2. The summed E-state index contributed by atoms with van der Waals surface area (Å²) in [5.41, 5.74) is 11.3. The Hall–Kier alpha value is -1.22. The molecule has 0 saturated carbocycles. The van der Waals surface area contributed by atoms with E-state index in [1.807, 2.05) is 19.9 Å². The van der Waals surface area contributed by atoms with Gasteiger partial charge in [-0.3, -0.25) is 9.59 Å². The Morgan fingerprint density at radius 3 is 1.88 bits per heavy atom. The number of aliphatic carboxylic acids is 2. The van der Waals surface area contributed by atoms with Crippen molar-refractivity contribution in [3.05, 3.63) is 35.9 Å². The Morgan fingerprint density at radius 1 is 1.04 bits per heavy atom. The summed E-state index contributed by atoms with van der Waals surface area (Å²) >= 11 is 0. The second-order valence-electron chi connectivity index (χ2n) is 5.65. The molecular formula is C17H30N2O4S2. The molecule has 0 saturated heterocycles. The van der Waals surface area contributed by atoms with Crippen LogP contribution in [0.5, 0.6) is 0 Å². The normalized spacial score (nSPS) is 12.6. The van der Waals surface area contributed by atoms with Gasteiger partial charge in [0.1, 0.15) is 12.1 Å². The molecular weight excluding hydrogens is 360 g/mol. The Kier molecular flexibility index (Phi) is 14.6. The molecule has 25 heavy (non-hydrogen) atoms. The molecule has 6 nitrogen and oxygen atoms in total. The molecule has 0 aliphatic carbocycles. The molecule has 2 unspecified atom stereocenters. The topological polar surface area (TPSA) is 127 Å². The van der Waals surface area contributed by atoms with Gasteiger partial charge in [0.25, 0.3) is 0 Å². The van der Waals surface area contributed by atoms with Gasteiger partial charge in [-0.2, -0.15) is 0 Å². The molecule has 1 rings (SSSR count). The Labute approximate surface area is 158 Å². The molecule has 6 N–H and O–H groups in total. The number of hydrogen-bond acceptors (Lipinski definition) is 6. The minimum atomic E-state index is -1.00. The average molecular weight is 391 g/mol. The highest BCUT2D eigenvalue weighted by Gasteiger charge is 2.15. The SMILES string of the molecule is CC.CC(C)(C)SSCC(N)C(=O)O.NC(C(=O)O)c1ccccc1. The lowest BCUT2D eigenvalue weighted by molar-refractivity contribution is -0.139. The first-order chi connectivity index (χ1) is 11.5. The summed E-state index contributed by atoms with van der Waals surface area (Å²) in [7, 11) is 3.16. The summed E-state index contributed by atoms with van der Waals surface area (Å²) in [5.74, 6) is -1.48. The summed E-state index contributed by atoms with van der Waals surface area (Å²) in [6, 6.07) is 7.08. The van der Waals surface area contributed by atoms with Gasteiger partial charge in [0.2, 0.25) is 0 Å². The molecule has 0 radical (unpaired) electrons. The van der Waals surface area contributed by atoms with Crippen LogP contribution in [0.15, 0.2) is 30.3 Å². The van der Waals surface area contributed by atoms with E-state index < -0.39 is 24.0 Å². The van der Waals surface area contributed by atoms with Crippen LogP contribution in [0.2, 0.25) is 0 Å². The van der Waals surface area contributed by atoms with Crippen LogP contribution in [-0.2, 0) is 9.59 Å². The lowest BCUT2D eigenvalue weighted by atomic mass is 10.1. The van der Waals surface area contributed by atoms with E-state index >= 15 is 0 Å². The molecule has 2 atom stereocenters. The highest BCUT2D eigenvalue weighted by molar-refractivity contribution is 8.77. The highest BCUT2D eigenvalue weighted by Crippen LogP contribution is 2.34. The third-order valence-corrected chi connectivity index (χ3v) is 5.67.